The molecule has 0 bridgehead atoms. The van der Waals surface area contributed by atoms with E-state index in [0.29, 0.717) is 119 Å². The number of rotatable bonds is 33. The van der Waals surface area contributed by atoms with Crippen molar-refractivity contribution < 1.29 is 47.4 Å². The highest BCUT2D eigenvalue weighted by Gasteiger charge is 2.28. The molecule has 1 aliphatic rings. The van der Waals surface area contributed by atoms with Crippen molar-refractivity contribution in [1.82, 2.24) is 5.32 Å². The fraction of sp³-hybridized carbons (Fsp3) is 0.667. The molecule has 1 aliphatic carbocycles. The molecule has 0 spiro atoms. The van der Waals surface area contributed by atoms with Crippen molar-refractivity contribution in [2.45, 2.75) is 51.4 Å². The van der Waals surface area contributed by atoms with Gasteiger partial charge in [-0.05, 0) is 35.1 Å². The van der Waals surface area contributed by atoms with Gasteiger partial charge in [0.2, 0.25) is 0 Å². The van der Waals surface area contributed by atoms with Crippen molar-refractivity contribution in [1.29, 1.82) is 0 Å². The van der Waals surface area contributed by atoms with Crippen molar-refractivity contribution in [3.8, 4) is 11.1 Å². The molecule has 1 amide bonds. The minimum absolute atomic E-state index is 0.0551. The lowest BCUT2D eigenvalue weighted by Crippen LogP contribution is -2.27. The van der Waals surface area contributed by atoms with Crippen LogP contribution in [-0.4, -0.2) is 125 Å². The molecule has 2 aromatic carbocycles. The molecule has 0 saturated heterocycles. The summed E-state index contributed by atoms with van der Waals surface area (Å²) in [6.07, 6.45) is 6.55. The zero-order valence-electron chi connectivity index (χ0n) is 30.2. The predicted molar refractivity (Wildman–Crippen MR) is 193 cm³/mol. The van der Waals surface area contributed by atoms with E-state index in [-0.39, 0.29) is 5.92 Å². The number of benzene rings is 2. The highest BCUT2D eigenvalue weighted by atomic mass is 16.6. The Morgan fingerprint density at radius 2 is 0.880 bits per heavy atom. The Morgan fingerprint density at radius 1 is 0.500 bits per heavy atom. The van der Waals surface area contributed by atoms with Crippen LogP contribution in [0.2, 0.25) is 0 Å². The van der Waals surface area contributed by atoms with Gasteiger partial charge in [-0.1, -0.05) is 81.1 Å². The molecule has 2 aromatic rings. The average Bonchev–Trinajstić information content (AvgIpc) is 3.46. The van der Waals surface area contributed by atoms with E-state index in [1.165, 1.54) is 47.9 Å². The summed E-state index contributed by atoms with van der Waals surface area (Å²) in [6.45, 7) is 11.8. The first-order valence-electron chi connectivity index (χ1n) is 18.5. The van der Waals surface area contributed by atoms with Gasteiger partial charge in [-0.2, -0.15) is 0 Å². The summed E-state index contributed by atoms with van der Waals surface area (Å²) in [5.41, 5.74) is 4.82. The maximum Gasteiger partial charge on any atom is 0.407 e. The molecule has 0 aromatic heterocycles. The van der Waals surface area contributed by atoms with Gasteiger partial charge in [0.25, 0.3) is 0 Å². The number of unbranched alkanes of at least 4 members (excludes halogenated alkanes) is 4. The smallest absolute Gasteiger partial charge is 0.407 e. The van der Waals surface area contributed by atoms with Crippen LogP contribution in [0.1, 0.15) is 62.5 Å². The minimum atomic E-state index is -0.410. The van der Waals surface area contributed by atoms with E-state index in [2.05, 4.69) is 36.5 Å². The molecule has 0 heterocycles. The second-order valence-corrected chi connectivity index (χ2v) is 11.9. The molecule has 11 heteroatoms. The van der Waals surface area contributed by atoms with Crippen LogP contribution >= 0.6 is 0 Å². The number of nitrogens with one attached hydrogen (secondary N) is 1. The normalized spacial score (nSPS) is 12.3. The van der Waals surface area contributed by atoms with E-state index >= 15 is 0 Å². The number of amides is 1. The maximum absolute atomic E-state index is 12.3. The molecular formula is C39H61NO10. The van der Waals surface area contributed by atoms with Gasteiger partial charge in [0.1, 0.15) is 6.61 Å². The highest BCUT2D eigenvalue weighted by Crippen LogP contribution is 2.44. The van der Waals surface area contributed by atoms with Gasteiger partial charge < -0.3 is 47.9 Å². The summed E-state index contributed by atoms with van der Waals surface area (Å²) in [4.78, 5) is 12.3. The SMILES string of the molecule is CCCCCCCOCCOCCOCCOCCOCCOCCOCCOCCCNC(=O)OCC1c2ccccc2-c2ccccc21. The van der Waals surface area contributed by atoms with Crippen molar-refractivity contribution in [3.05, 3.63) is 59.7 Å². The Labute approximate surface area is 299 Å². The monoisotopic (exact) mass is 703 g/mol. The summed E-state index contributed by atoms with van der Waals surface area (Å²) in [5.74, 6) is 0.0551. The molecule has 0 aliphatic heterocycles. The zero-order valence-corrected chi connectivity index (χ0v) is 30.2. The standard InChI is InChI=1S/C39H61NO10/c1-2-3-4-5-10-17-42-19-21-44-23-25-46-27-29-48-31-32-49-30-28-47-26-24-45-22-20-43-18-11-16-40-39(41)50-33-38-36-14-8-6-12-34(36)35-13-7-9-15-37(35)38/h6-9,12-15,38H,2-5,10-11,16-33H2,1H3,(H,40,41). The number of fused-ring (bicyclic) bond motifs is 3. The van der Waals surface area contributed by atoms with E-state index in [4.69, 9.17) is 42.6 Å². The summed E-state index contributed by atoms with van der Waals surface area (Å²) in [6, 6.07) is 16.6. The van der Waals surface area contributed by atoms with Gasteiger partial charge in [0, 0.05) is 25.7 Å². The molecule has 0 atom stereocenters. The Hall–Kier alpha value is -2.61. The Bertz CT molecular complexity index is 1070. The number of alkyl carbamates (subject to hydrolysis) is 1. The van der Waals surface area contributed by atoms with E-state index in [9.17, 15) is 4.79 Å². The van der Waals surface area contributed by atoms with Gasteiger partial charge in [-0.15, -0.1) is 0 Å². The fourth-order valence-corrected chi connectivity index (χ4v) is 5.46. The summed E-state index contributed by atoms with van der Waals surface area (Å²) >= 11 is 0. The largest absolute Gasteiger partial charge is 0.449 e. The van der Waals surface area contributed by atoms with Crippen LogP contribution in [0.3, 0.4) is 0 Å². The third-order valence-electron chi connectivity index (χ3n) is 8.07. The Balaban J connectivity index is 0.971. The highest BCUT2D eigenvalue weighted by molar-refractivity contribution is 5.79. The summed E-state index contributed by atoms with van der Waals surface area (Å²) in [7, 11) is 0. The molecule has 0 fully saturated rings. The molecular weight excluding hydrogens is 642 g/mol. The quantitative estimate of drug-likeness (QED) is 0.0887. The first-order chi connectivity index (χ1) is 24.8. The van der Waals surface area contributed by atoms with Crippen molar-refractivity contribution >= 4 is 6.09 Å². The van der Waals surface area contributed by atoms with Crippen LogP contribution in [0.5, 0.6) is 0 Å². The third kappa shape index (κ3) is 18.6. The van der Waals surface area contributed by atoms with E-state index in [1.807, 2.05) is 24.3 Å². The van der Waals surface area contributed by atoms with Crippen molar-refractivity contribution in [2.75, 3.05) is 119 Å². The first kappa shape index (κ1) is 41.8. The van der Waals surface area contributed by atoms with E-state index in [0.717, 1.165) is 13.0 Å². The summed E-state index contributed by atoms with van der Waals surface area (Å²) < 4.78 is 49.8. The summed E-state index contributed by atoms with van der Waals surface area (Å²) in [5, 5.41) is 2.81. The number of carbonyl (C=O) groups excluding carboxylic acids is 1. The van der Waals surface area contributed by atoms with Gasteiger partial charge >= 0.3 is 6.09 Å². The lowest BCUT2D eigenvalue weighted by molar-refractivity contribution is -0.0232. The van der Waals surface area contributed by atoms with Crippen LogP contribution in [0.25, 0.3) is 11.1 Å². The van der Waals surface area contributed by atoms with Gasteiger partial charge in [0.15, 0.2) is 0 Å². The van der Waals surface area contributed by atoms with E-state index in [1.54, 1.807) is 0 Å². The van der Waals surface area contributed by atoms with Crippen LogP contribution in [-0.2, 0) is 42.6 Å². The molecule has 0 saturated carbocycles. The number of ether oxygens (including phenoxy) is 9. The Kier molecular flexibility index (Phi) is 24.3. The second kappa shape index (κ2) is 29.0. The Morgan fingerprint density at radius 3 is 1.32 bits per heavy atom. The van der Waals surface area contributed by atoms with Crippen LogP contribution in [0, 0.1) is 0 Å². The topological polar surface area (TPSA) is 112 Å². The third-order valence-corrected chi connectivity index (χ3v) is 8.07. The van der Waals surface area contributed by atoms with Crippen molar-refractivity contribution in [3.63, 3.8) is 0 Å². The molecule has 11 nitrogen and oxygen atoms in total. The average molecular weight is 704 g/mol. The van der Waals surface area contributed by atoms with Gasteiger partial charge in [0.05, 0.1) is 92.5 Å². The zero-order chi connectivity index (χ0) is 35.2. The fourth-order valence-electron chi connectivity index (χ4n) is 5.46. The molecule has 3 rings (SSSR count). The first-order valence-corrected chi connectivity index (χ1v) is 18.5. The lowest BCUT2D eigenvalue weighted by atomic mass is 9.98. The minimum Gasteiger partial charge on any atom is -0.449 e. The number of hydrogen-bond acceptors (Lipinski definition) is 10. The number of carbonyl (C=O) groups is 1. The molecule has 1 N–H and O–H groups in total. The van der Waals surface area contributed by atoms with E-state index < -0.39 is 6.09 Å². The number of hydrogen-bond donors (Lipinski definition) is 1. The van der Waals surface area contributed by atoms with Gasteiger partial charge in [-0.3, -0.25) is 0 Å². The second-order valence-electron chi connectivity index (χ2n) is 11.9. The predicted octanol–water partition coefficient (Wildman–Crippen LogP) is 6.02. The lowest BCUT2D eigenvalue weighted by Gasteiger charge is -2.14. The molecule has 282 valence electrons. The van der Waals surface area contributed by atoms with Gasteiger partial charge in [-0.25, -0.2) is 4.79 Å². The van der Waals surface area contributed by atoms with Crippen LogP contribution in [0.15, 0.2) is 48.5 Å². The maximum atomic E-state index is 12.3. The molecule has 50 heavy (non-hydrogen) atoms. The molecule has 0 unspecified atom stereocenters. The van der Waals surface area contributed by atoms with Crippen molar-refractivity contribution in [2.24, 2.45) is 0 Å². The van der Waals surface area contributed by atoms with Crippen LogP contribution < -0.4 is 5.32 Å². The molecule has 0 radical (unpaired) electrons. The van der Waals surface area contributed by atoms with Crippen LogP contribution in [0.4, 0.5) is 4.79 Å².